The lowest BCUT2D eigenvalue weighted by Crippen LogP contribution is -2.39. The lowest BCUT2D eigenvalue weighted by Gasteiger charge is -2.27. The largest absolute Gasteiger partial charge is 0.494 e. The van der Waals surface area contributed by atoms with Crippen LogP contribution in [-0.2, 0) is 4.74 Å². The molecule has 33 heavy (non-hydrogen) atoms. The van der Waals surface area contributed by atoms with E-state index in [1.54, 1.807) is 23.1 Å². The molecule has 1 aliphatic rings. The summed E-state index contributed by atoms with van der Waals surface area (Å²) in [6.45, 7) is 9.76. The zero-order valence-corrected chi connectivity index (χ0v) is 20.9. The Morgan fingerprint density at radius 1 is 1.18 bits per heavy atom. The van der Waals surface area contributed by atoms with Crippen LogP contribution in [0.5, 0.6) is 5.75 Å². The number of amides is 1. The Kier molecular flexibility index (Phi) is 8.61. The van der Waals surface area contributed by atoms with E-state index in [0.717, 1.165) is 66.1 Å². The molecule has 0 bridgehead atoms. The third-order valence-corrected chi connectivity index (χ3v) is 7.44. The molecule has 1 aromatic heterocycles. The summed E-state index contributed by atoms with van der Waals surface area (Å²) in [6, 6.07) is 13.8. The molecule has 0 N–H and O–H groups in total. The minimum absolute atomic E-state index is 0.00545. The standard InChI is InChI=1S/C25H31N3O3S2/c1-3-31-20-8-11-22-23(18-20)33-25(26-22)28(13-5-12-27-14-16-30-17-15-27)24(29)19-6-9-21(10-7-19)32-4-2/h6-11,18H,3-5,12-17H2,1-2H3. The van der Waals surface area contributed by atoms with Gasteiger partial charge in [0, 0.05) is 36.6 Å². The van der Waals surface area contributed by atoms with Crippen LogP contribution in [0.2, 0.25) is 0 Å². The predicted octanol–water partition coefficient (Wildman–Crippen LogP) is 5.18. The van der Waals surface area contributed by atoms with Crippen LogP contribution in [-0.4, -0.2) is 67.5 Å². The number of nitrogens with zero attached hydrogens (tertiary/aromatic N) is 3. The van der Waals surface area contributed by atoms with Gasteiger partial charge >= 0.3 is 0 Å². The number of thioether (sulfide) groups is 1. The quantitative estimate of drug-likeness (QED) is 0.369. The number of benzene rings is 2. The maximum absolute atomic E-state index is 13.6. The lowest BCUT2D eigenvalue weighted by atomic mass is 10.2. The van der Waals surface area contributed by atoms with Crippen molar-refractivity contribution < 1.29 is 14.3 Å². The molecule has 6 nitrogen and oxygen atoms in total. The van der Waals surface area contributed by atoms with Crippen molar-refractivity contribution in [2.45, 2.75) is 25.2 Å². The zero-order valence-electron chi connectivity index (χ0n) is 19.3. The van der Waals surface area contributed by atoms with Crippen LogP contribution in [0.1, 0.15) is 30.6 Å². The topological polar surface area (TPSA) is 54.9 Å². The Morgan fingerprint density at radius 3 is 2.70 bits per heavy atom. The summed E-state index contributed by atoms with van der Waals surface area (Å²) in [5.41, 5.74) is 1.58. The van der Waals surface area contributed by atoms with E-state index in [1.807, 2.05) is 54.3 Å². The first-order valence-electron chi connectivity index (χ1n) is 11.6. The molecule has 1 saturated heterocycles. The van der Waals surface area contributed by atoms with Gasteiger partial charge in [0.05, 0.1) is 30.0 Å². The van der Waals surface area contributed by atoms with Gasteiger partial charge in [-0.1, -0.05) is 18.3 Å². The summed E-state index contributed by atoms with van der Waals surface area (Å²) in [4.78, 5) is 23.8. The molecular weight excluding hydrogens is 454 g/mol. The highest BCUT2D eigenvalue weighted by atomic mass is 32.2. The number of anilines is 1. The van der Waals surface area contributed by atoms with E-state index < -0.39 is 0 Å². The SMILES string of the molecule is CCOc1ccc2nc(N(CCCN3CCOCC3)C(=O)c3ccc(SCC)cc3)sc2c1. The molecule has 2 heterocycles. The fourth-order valence-corrected chi connectivity index (χ4v) is 5.52. The van der Waals surface area contributed by atoms with Gasteiger partial charge in [-0.25, -0.2) is 4.98 Å². The molecule has 1 amide bonds. The fraction of sp³-hybridized carbons (Fsp3) is 0.440. The Labute approximate surface area is 203 Å². The Bertz CT molecular complexity index is 1050. The lowest BCUT2D eigenvalue weighted by molar-refractivity contribution is 0.0376. The van der Waals surface area contributed by atoms with Gasteiger partial charge in [-0.15, -0.1) is 11.8 Å². The Hall–Kier alpha value is -2.13. The van der Waals surface area contributed by atoms with E-state index in [2.05, 4.69) is 11.8 Å². The zero-order chi connectivity index (χ0) is 23.0. The summed E-state index contributed by atoms with van der Waals surface area (Å²) in [5, 5.41) is 0.734. The van der Waals surface area contributed by atoms with Crippen molar-refractivity contribution >= 4 is 44.4 Å². The maximum atomic E-state index is 13.6. The molecule has 176 valence electrons. The normalized spacial score (nSPS) is 14.5. The van der Waals surface area contributed by atoms with Gasteiger partial charge in [-0.2, -0.15) is 0 Å². The van der Waals surface area contributed by atoms with Crippen LogP contribution >= 0.6 is 23.1 Å². The second-order valence-corrected chi connectivity index (χ2v) is 10.1. The van der Waals surface area contributed by atoms with Gasteiger partial charge in [0.2, 0.25) is 0 Å². The van der Waals surface area contributed by atoms with E-state index in [-0.39, 0.29) is 5.91 Å². The third-order valence-electron chi connectivity index (χ3n) is 5.51. The van der Waals surface area contributed by atoms with Crippen molar-refractivity contribution in [1.82, 2.24) is 9.88 Å². The highest BCUT2D eigenvalue weighted by Crippen LogP contribution is 2.32. The van der Waals surface area contributed by atoms with Crippen LogP contribution in [0.15, 0.2) is 47.4 Å². The number of morpholine rings is 1. The summed E-state index contributed by atoms with van der Waals surface area (Å²) in [5.74, 6) is 1.83. The monoisotopic (exact) mass is 485 g/mol. The highest BCUT2D eigenvalue weighted by Gasteiger charge is 2.22. The number of thiazole rings is 1. The van der Waals surface area contributed by atoms with Crippen molar-refractivity contribution in [2.75, 3.05) is 56.7 Å². The Morgan fingerprint density at radius 2 is 1.97 bits per heavy atom. The van der Waals surface area contributed by atoms with E-state index in [9.17, 15) is 4.79 Å². The minimum Gasteiger partial charge on any atom is -0.494 e. The molecule has 0 radical (unpaired) electrons. The van der Waals surface area contributed by atoms with Crippen LogP contribution in [0, 0.1) is 0 Å². The van der Waals surface area contributed by atoms with Gasteiger partial charge < -0.3 is 9.47 Å². The number of carbonyl (C=O) groups is 1. The molecule has 3 aromatic rings. The van der Waals surface area contributed by atoms with E-state index >= 15 is 0 Å². The third kappa shape index (κ3) is 6.26. The van der Waals surface area contributed by atoms with Gasteiger partial charge in [0.15, 0.2) is 5.13 Å². The molecule has 1 aliphatic heterocycles. The number of hydrogen-bond acceptors (Lipinski definition) is 7. The summed E-state index contributed by atoms with van der Waals surface area (Å²) < 4.78 is 12.1. The number of fused-ring (bicyclic) bond motifs is 1. The summed E-state index contributed by atoms with van der Waals surface area (Å²) in [7, 11) is 0. The van der Waals surface area contributed by atoms with Crippen LogP contribution < -0.4 is 9.64 Å². The van der Waals surface area contributed by atoms with Gasteiger partial charge in [-0.3, -0.25) is 14.6 Å². The molecule has 4 rings (SSSR count). The fourth-order valence-electron chi connectivity index (χ4n) is 3.84. The molecular formula is C25H31N3O3S2. The number of hydrogen-bond donors (Lipinski definition) is 0. The Balaban J connectivity index is 1.55. The van der Waals surface area contributed by atoms with Crippen LogP contribution in [0.4, 0.5) is 5.13 Å². The van der Waals surface area contributed by atoms with Crippen LogP contribution in [0.3, 0.4) is 0 Å². The van der Waals surface area contributed by atoms with E-state index in [1.165, 1.54) is 4.90 Å². The first-order valence-corrected chi connectivity index (χ1v) is 13.4. The van der Waals surface area contributed by atoms with Gasteiger partial charge in [0.25, 0.3) is 5.91 Å². The number of rotatable bonds is 10. The van der Waals surface area contributed by atoms with Crippen molar-refractivity contribution in [3.8, 4) is 5.75 Å². The van der Waals surface area contributed by atoms with E-state index in [4.69, 9.17) is 14.5 Å². The molecule has 1 fully saturated rings. The maximum Gasteiger partial charge on any atom is 0.260 e. The van der Waals surface area contributed by atoms with Gasteiger partial charge in [0.1, 0.15) is 5.75 Å². The molecule has 0 aliphatic carbocycles. The smallest absolute Gasteiger partial charge is 0.260 e. The van der Waals surface area contributed by atoms with Crippen molar-refractivity contribution in [2.24, 2.45) is 0 Å². The first-order chi connectivity index (χ1) is 16.2. The predicted molar refractivity (Wildman–Crippen MR) is 137 cm³/mol. The van der Waals surface area contributed by atoms with E-state index in [0.29, 0.717) is 18.7 Å². The molecule has 0 saturated carbocycles. The number of ether oxygens (including phenoxy) is 2. The van der Waals surface area contributed by atoms with Crippen molar-refractivity contribution in [3.05, 3.63) is 48.0 Å². The highest BCUT2D eigenvalue weighted by molar-refractivity contribution is 7.99. The average molecular weight is 486 g/mol. The van der Waals surface area contributed by atoms with Crippen LogP contribution in [0.25, 0.3) is 10.2 Å². The molecule has 0 unspecified atom stereocenters. The average Bonchev–Trinajstić information content (AvgIpc) is 3.26. The second kappa shape index (κ2) is 11.8. The summed E-state index contributed by atoms with van der Waals surface area (Å²) >= 11 is 3.32. The first kappa shape index (κ1) is 24.0. The number of carbonyl (C=O) groups excluding carboxylic acids is 1. The summed E-state index contributed by atoms with van der Waals surface area (Å²) in [6.07, 6.45) is 0.885. The van der Waals surface area contributed by atoms with Crippen molar-refractivity contribution in [1.29, 1.82) is 0 Å². The second-order valence-electron chi connectivity index (χ2n) is 7.78. The molecule has 8 heteroatoms. The minimum atomic E-state index is -0.00545. The number of aromatic nitrogens is 1. The molecule has 0 spiro atoms. The molecule has 0 atom stereocenters. The van der Waals surface area contributed by atoms with Crippen molar-refractivity contribution in [3.63, 3.8) is 0 Å². The van der Waals surface area contributed by atoms with Gasteiger partial charge in [-0.05, 0) is 61.6 Å². The molecule has 2 aromatic carbocycles.